The highest BCUT2D eigenvalue weighted by Gasteiger charge is 2.25. The quantitative estimate of drug-likeness (QED) is 0.0211. The second-order valence-electron chi connectivity index (χ2n) is 20.9. The van der Waals surface area contributed by atoms with E-state index in [9.17, 15) is 19.5 Å². The molecule has 71 heavy (non-hydrogen) atoms. The fourth-order valence-corrected chi connectivity index (χ4v) is 8.29. The Bertz CT molecular complexity index is 1350. The van der Waals surface area contributed by atoms with Gasteiger partial charge in [-0.15, -0.1) is 0 Å². The largest absolute Gasteiger partial charge is 0.477 e. The predicted octanol–water partition coefficient (Wildman–Crippen LogP) is 17.2. The Hall–Kier alpha value is -3.01. The number of hydrogen-bond acceptors (Lipinski definition) is 7. The Morgan fingerprint density at radius 2 is 0.803 bits per heavy atom. The molecule has 0 aromatic carbocycles. The van der Waals surface area contributed by atoms with Crippen LogP contribution in [-0.2, 0) is 33.3 Å². The Morgan fingerprint density at radius 3 is 1.18 bits per heavy atom. The third-order valence-electron chi connectivity index (χ3n) is 12.8. The highest BCUT2D eigenvalue weighted by Crippen LogP contribution is 2.17. The molecule has 1 N–H and O–H groups in total. The highest BCUT2D eigenvalue weighted by atomic mass is 16.7. The SMILES string of the molecule is CC/C=C\C/C=C\C/C=C\C/C=C\C/C=C\CCCC(=O)OC(COC(=O)CCCCCCCCCCCCCCCCCCCCCCCCCCCCCCC)COC(OCC[N+](C)(C)C)C(=O)O. The zero-order valence-corrected chi connectivity index (χ0v) is 46.9. The smallest absolute Gasteiger partial charge is 0.361 e. The molecule has 0 aromatic rings. The number of carboxylic acid groups (broad SMARTS) is 1. The molecule has 9 nitrogen and oxygen atoms in total. The van der Waals surface area contributed by atoms with Gasteiger partial charge in [0, 0.05) is 12.8 Å². The van der Waals surface area contributed by atoms with Crippen LogP contribution < -0.4 is 0 Å². The van der Waals surface area contributed by atoms with E-state index in [1.54, 1.807) is 0 Å². The summed E-state index contributed by atoms with van der Waals surface area (Å²) >= 11 is 0. The van der Waals surface area contributed by atoms with Gasteiger partial charge in [-0.2, -0.15) is 0 Å². The van der Waals surface area contributed by atoms with Gasteiger partial charge in [0.2, 0.25) is 0 Å². The summed E-state index contributed by atoms with van der Waals surface area (Å²) in [6.45, 7) is 4.72. The van der Waals surface area contributed by atoms with Crippen LogP contribution in [0.15, 0.2) is 60.8 Å². The summed E-state index contributed by atoms with van der Waals surface area (Å²) < 4.78 is 22.8. The molecule has 0 bridgehead atoms. The van der Waals surface area contributed by atoms with Crippen molar-refractivity contribution in [2.75, 3.05) is 47.5 Å². The number of unbranched alkanes of at least 4 members (excludes halogenated alkanes) is 29. The minimum atomic E-state index is -1.53. The number of quaternary nitrogens is 1. The molecule has 0 saturated carbocycles. The first-order chi connectivity index (χ1) is 34.6. The van der Waals surface area contributed by atoms with Crippen LogP contribution in [0.25, 0.3) is 0 Å². The molecule has 2 atom stereocenters. The number of carboxylic acids is 1. The first-order valence-electron chi connectivity index (χ1n) is 29.5. The second-order valence-corrected chi connectivity index (χ2v) is 20.9. The first kappa shape index (κ1) is 68.0. The fraction of sp³-hybridized carbons (Fsp3) is 0.790. The van der Waals surface area contributed by atoms with Crippen molar-refractivity contribution in [2.24, 2.45) is 0 Å². The molecule has 0 aliphatic heterocycles. The molecule has 9 heteroatoms. The van der Waals surface area contributed by atoms with E-state index < -0.39 is 24.3 Å². The van der Waals surface area contributed by atoms with Crippen molar-refractivity contribution in [3.05, 3.63) is 60.8 Å². The van der Waals surface area contributed by atoms with Crippen molar-refractivity contribution in [3.63, 3.8) is 0 Å². The van der Waals surface area contributed by atoms with Crippen LogP contribution in [0.5, 0.6) is 0 Å². The third kappa shape index (κ3) is 54.6. The summed E-state index contributed by atoms with van der Waals surface area (Å²) in [5.74, 6) is -2.08. The van der Waals surface area contributed by atoms with Gasteiger partial charge in [0.15, 0.2) is 6.10 Å². The molecule has 0 radical (unpaired) electrons. The zero-order chi connectivity index (χ0) is 52.0. The van der Waals surface area contributed by atoms with E-state index in [1.165, 1.54) is 167 Å². The number of likely N-dealkylation sites (N-methyl/N-ethyl adjacent to an activating group) is 1. The maximum absolute atomic E-state index is 12.8. The molecule has 0 amide bonds. The number of allylic oxidation sites excluding steroid dienone is 10. The van der Waals surface area contributed by atoms with Crippen LogP contribution >= 0.6 is 0 Å². The molecule has 2 unspecified atom stereocenters. The molecule has 0 aromatic heterocycles. The standard InChI is InChI=1S/C62H111NO8/c1-6-8-10-12-14-16-18-20-22-24-25-26-27-28-29-30-31-32-33-34-35-37-38-40-42-44-46-48-50-52-59(64)69-56-58(57-70-62(61(66)67)68-55-54-63(3,4)5)71-60(65)53-51-49-47-45-43-41-39-36-23-21-19-17-15-13-11-9-7-2/h9,11,15,17,21,23,39,41,45,47,58,62H,6-8,10,12-14,16,18-20,22,24-38,40,42-44,46,48-57H2,1-5H3/p+1/b11-9-,17-15-,23-21-,41-39-,47-45-. The van der Waals surface area contributed by atoms with E-state index in [0.717, 1.165) is 57.8 Å². The van der Waals surface area contributed by atoms with Gasteiger partial charge in [-0.05, 0) is 51.4 Å². The fourth-order valence-electron chi connectivity index (χ4n) is 8.29. The van der Waals surface area contributed by atoms with Crippen LogP contribution in [0.3, 0.4) is 0 Å². The molecule has 0 heterocycles. The van der Waals surface area contributed by atoms with Crippen molar-refractivity contribution >= 4 is 17.9 Å². The molecule has 0 saturated heterocycles. The summed E-state index contributed by atoms with van der Waals surface area (Å²) in [4.78, 5) is 37.3. The van der Waals surface area contributed by atoms with Crippen LogP contribution in [0.4, 0.5) is 0 Å². The van der Waals surface area contributed by atoms with Crippen molar-refractivity contribution in [3.8, 4) is 0 Å². The van der Waals surface area contributed by atoms with Crippen molar-refractivity contribution in [1.82, 2.24) is 0 Å². The van der Waals surface area contributed by atoms with Gasteiger partial charge >= 0.3 is 17.9 Å². The lowest BCUT2D eigenvalue weighted by Crippen LogP contribution is -2.40. The van der Waals surface area contributed by atoms with Crippen LogP contribution in [-0.4, -0.2) is 87.4 Å². The molecule has 0 aliphatic carbocycles. The maximum atomic E-state index is 12.8. The number of ether oxygens (including phenoxy) is 4. The average Bonchev–Trinajstić information content (AvgIpc) is 3.34. The summed E-state index contributed by atoms with van der Waals surface area (Å²) in [5, 5.41) is 9.69. The molecule has 0 aliphatic rings. The Morgan fingerprint density at radius 1 is 0.437 bits per heavy atom. The lowest BCUT2D eigenvalue weighted by Gasteiger charge is -2.25. The van der Waals surface area contributed by atoms with E-state index in [4.69, 9.17) is 18.9 Å². The van der Waals surface area contributed by atoms with Gasteiger partial charge < -0.3 is 28.5 Å². The van der Waals surface area contributed by atoms with E-state index in [2.05, 4.69) is 74.6 Å². The molecular formula is C62H112NO8+. The number of esters is 2. The predicted molar refractivity (Wildman–Crippen MR) is 300 cm³/mol. The Balaban J connectivity index is 4.18. The number of hydrogen-bond donors (Lipinski definition) is 1. The lowest BCUT2D eigenvalue weighted by atomic mass is 10.0. The van der Waals surface area contributed by atoms with Gasteiger partial charge in [0.05, 0.1) is 34.4 Å². The Kier molecular flexibility index (Phi) is 51.0. The summed E-state index contributed by atoms with van der Waals surface area (Å²) in [7, 11) is 5.95. The van der Waals surface area contributed by atoms with Gasteiger partial charge in [-0.3, -0.25) is 9.59 Å². The van der Waals surface area contributed by atoms with Crippen LogP contribution in [0, 0.1) is 0 Å². The molecule has 412 valence electrons. The van der Waals surface area contributed by atoms with Crippen molar-refractivity contribution in [1.29, 1.82) is 0 Å². The van der Waals surface area contributed by atoms with Gasteiger partial charge in [0.25, 0.3) is 6.29 Å². The van der Waals surface area contributed by atoms with E-state index in [-0.39, 0.29) is 32.2 Å². The number of carbonyl (C=O) groups is 3. The molecule has 0 spiro atoms. The van der Waals surface area contributed by atoms with Crippen molar-refractivity contribution < 1.29 is 42.9 Å². The molecular weight excluding hydrogens is 887 g/mol. The zero-order valence-electron chi connectivity index (χ0n) is 46.9. The van der Waals surface area contributed by atoms with Gasteiger partial charge in [-0.25, -0.2) is 4.79 Å². The maximum Gasteiger partial charge on any atom is 0.361 e. The minimum absolute atomic E-state index is 0.176. The van der Waals surface area contributed by atoms with E-state index in [1.807, 2.05) is 21.1 Å². The number of rotatable bonds is 54. The average molecular weight is 1000 g/mol. The molecule has 0 fully saturated rings. The number of aliphatic carboxylic acids is 1. The first-order valence-corrected chi connectivity index (χ1v) is 29.5. The van der Waals surface area contributed by atoms with Crippen molar-refractivity contribution in [2.45, 2.75) is 270 Å². The number of carbonyl (C=O) groups excluding carboxylic acids is 2. The highest BCUT2D eigenvalue weighted by molar-refractivity contribution is 5.71. The van der Waals surface area contributed by atoms with Gasteiger partial charge in [0.1, 0.15) is 13.2 Å². The van der Waals surface area contributed by atoms with Crippen LogP contribution in [0.2, 0.25) is 0 Å². The third-order valence-corrected chi connectivity index (χ3v) is 12.8. The second kappa shape index (κ2) is 53.3. The molecule has 0 rings (SSSR count). The lowest BCUT2D eigenvalue weighted by molar-refractivity contribution is -0.870. The topological polar surface area (TPSA) is 108 Å². The summed E-state index contributed by atoms with van der Waals surface area (Å²) in [6.07, 6.45) is 64.7. The summed E-state index contributed by atoms with van der Waals surface area (Å²) in [5.41, 5.74) is 0. The monoisotopic (exact) mass is 999 g/mol. The Labute approximate surface area is 437 Å². The van der Waals surface area contributed by atoms with Crippen LogP contribution in [0.1, 0.15) is 258 Å². The van der Waals surface area contributed by atoms with E-state index in [0.29, 0.717) is 23.9 Å². The minimum Gasteiger partial charge on any atom is -0.477 e. The van der Waals surface area contributed by atoms with Gasteiger partial charge in [-0.1, -0.05) is 254 Å². The summed E-state index contributed by atoms with van der Waals surface area (Å²) in [6, 6.07) is 0. The number of nitrogens with zero attached hydrogens (tertiary/aromatic N) is 1. The van der Waals surface area contributed by atoms with E-state index >= 15 is 0 Å². The normalized spacial score (nSPS) is 13.2.